The first-order valence-electron chi connectivity index (χ1n) is 3.76. The molecule has 0 amide bonds. The first-order chi connectivity index (χ1) is 5.81. The highest BCUT2D eigenvalue weighted by molar-refractivity contribution is 5.59. The molecule has 0 aliphatic heterocycles. The molecule has 0 fully saturated rings. The van der Waals surface area contributed by atoms with Gasteiger partial charge in [0, 0.05) is 6.61 Å². The van der Waals surface area contributed by atoms with Crippen molar-refractivity contribution in [3.63, 3.8) is 0 Å². The van der Waals surface area contributed by atoms with Gasteiger partial charge in [0.25, 0.3) is 0 Å². The smallest absolute Gasteiger partial charge is 0.435 e. The maximum atomic E-state index is 10.5. The van der Waals surface area contributed by atoms with Crippen LogP contribution in [0.25, 0.3) is 0 Å². The molecule has 0 aromatic rings. The van der Waals surface area contributed by atoms with Crippen molar-refractivity contribution < 1.29 is 23.7 Å². The Hall–Kier alpha value is -0.810. The number of ether oxygens (including phenoxy) is 4. The molecular formula is C7H14O5. The van der Waals surface area contributed by atoms with Crippen molar-refractivity contribution in [2.24, 2.45) is 0 Å². The highest BCUT2D eigenvalue weighted by Crippen LogP contribution is 1.86. The Morgan fingerprint density at radius 1 is 1.00 bits per heavy atom. The summed E-state index contributed by atoms with van der Waals surface area (Å²) in [6.45, 7) is 4.39. The van der Waals surface area contributed by atoms with E-state index in [2.05, 4.69) is 9.47 Å². The highest BCUT2D eigenvalue weighted by atomic mass is 16.8. The van der Waals surface area contributed by atoms with E-state index in [0.29, 0.717) is 13.2 Å². The second-order valence-corrected chi connectivity index (χ2v) is 1.76. The van der Waals surface area contributed by atoms with E-state index in [-0.39, 0.29) is 13.6 Å². The zero-order chi connectivity index (χ0) is 9.23. The average molecular weight is 178 g/mol. The Kier molecular flexibility index (Phi) is 7.73. The van der Waals surface area contributed by atoms with Gasteiger partial charge in [-0.05, 0) is 13.8 Å². The lowest BCUT2D eigenvalue weighted by atomic mass is 10.9. The van der Waals surface area contributed by atoms with Crippen LogP contribution in [0, 0.1) is 0 Å². The van der Waals surface area contributed by atoms with Crippen LogP contribution in [0.4, 0.5) is 4.79 Å². The molecule has 72 valence electrons. The summed E-state index contributed by atoms with van der Waals surface area (Å²) >= 11 is 0. The number of hydrogen-bond donors (Lipinski definition) is 0. The molecule has 0 spiro atoms. The third-order valence-corrected chi connectivity index (χ3v) is 0.893. The second-order valence-electron chi connectivity index (χ2n) is 1.76. The van der Waals surface area contributed by atoms with Crippen molar-refractivity contribution in [3.8, 4) is 0 Å². The van der Waals surface area contributed by atoms with Crippen molar-refractivity contribution >= 4 is 6.16 Å². The predicted molar refractivity (Wildman–Crippen MR) is 40.6 cm³/mol. The topological polar surface area (TPSA) is 54.0 Å². The van der Waals surface area contributed by atoms with Gasteiger partial charge in [0.05, 0.1) is 6.61 Å². The van der Waals surface area contributed by atoms with E-state index in [1.54, 1.807) is 6.92 Å². The van der Waals surface area contributed by atoms with Gasteiger partial charge in [-0.25, -0.2) is 4.79 Å². The summed E-state index contributed by atoms with van der Waals surface area (Å²) in [4.78, 5) is 10.5. The van der Waals surface area contributed by atoms with Crippen molar-refractivity contribution in [3.05, 3.63) is 0 Å². The molecule has 0 unspecified atom stereocenters. The summed E-state index contributed by atoms with van der Waals surface area (Å²) in [7, 11) is 0. The number of carbonyl (C=O) groups excluding carboxylic acids is 1. The monoisotopic (exact) mass is 178 g/mol. The van der Waals surface area contributed by atoms with Gasteiger partial charge in [-0.15, -0.1) is 0 Å². The highest BCUT2D eigenvalue weighted by Gasteiger charge is 1.99. The van der Waals surface area contributed by atoms with Crippen LogP contribution < -0.4 is 0 Å². The molecule has 0 aliphatic carbocycles. The Morgan fingerprint density at radius 3 is 2.33 bits per heavy atom. The summed E-state index contributed by atoms with van der Waals surface area (Å²) in [5.41, 5.74) is 0. The lowest BCUT2D eigenvalue weighted by Gasteiger charge is -2.04. The fourth-order valence-electron chi connectivity index (χ4n) is 0.426. The Morgan fingerprint density at radius 2 is 1.75 bits per heavy atom. The largest absolute Gasteiger partial charge is 0.510 e. The van der Waals surface area contributed by atoms with Crippen LogP contribution in [0.2, 0.25) is 0 Å². The molecule has 0 aliphatic rings. The fourth-order valence-corrected chi connectivity index (χ4v) is 0.426. The van der Waals surface area contributed by atoms with E-state index < -0.39 is 6.16 Å². The molecule has 0 saturated heterocycles. The van der Waals surface area contributed by atoms with Crippen molar-refractivity contribution in [1.29, 1.82) is 0 Å². The normalized spacial score (nSPS) is 9.50. The fraction of sp³-hybridized carbons (Fsp3) is 0.857. The van der Waals surface area contributed by atoms with Crippen LogP contribution in [0.1, 0.15) is 13.8 Å². The molecule has 12 heavy (non-hydrogen) atoms. The van der Waals surface area contributed by atoms with Crippen LogP contribution in [0.3, 0.4) is 0 Å². The molecule has 0 saturated carbocycles. The van der Waals surface area contributed by atoms with E-state index in [9.17, 15) is 4.79 Å². The number of carbonyl (C=O) groups is 1. The van der Waals surface area contributed by atoms with E-state index in [0.717, 1.165) is 0 Å². The van der Waals surface area contributed by atoms with Crippen LogP contribution in [0.15, 0.2) is 0 Å². The van der Waals surface area contributed by atoms with E-state index >= 15 is 0 Å². The maximum Gasteiger partial charge on any atom is 0.510 e. The van der Waals surface area contributed by atoms with Gasteiger partial charge in [0.1, 0.15) is 0 Å². The summed E-state index contributed by atoms with van der Waals surface area (Å²) in [6, 6.07) is 0. The second kappa shape index (κ2) is 8.29. The van der Waals surface area contributed by atoms with Gasteiger partial charge in [-0.3, -0.25) is 0 Å². The quantitative estimate of drug-likeness (QED) is 0.346. The maximum absolute atomic E-state index is 10.5. The summed E-state index contributed by atoms with van der Waals surface area (Å²) in [5, 5.41) is 0. The van der Waals surface area contributed by atoms with Crippen molar-refractivity contribution in [1.82, 2.24) is 0 Å². The van der Waals surface area contributed by atoms with Gasteiger partial charge in [-0.1, -0.05) is 0 Å². The van der Waals surface area contributed by atoms with Gasteiger partial charge in [-0.2, -0.15) is 0 Å². The molecule has 0 bridgehead atoms. The first kappa shape index (κ1) is 11.2. The van der Waals surface area contributed by atoms with Crippen molar-refractivity contribution in [2.75, 3.05) is 26.8 Å². The minimum atomic E-state index is -0.728. The Labute approximate surface area is 71.5 Å². The van der Waals surface area contributed by atoms with Crippen molar-refractivity contribution in [2.45, 2.75) is 13.8 Å². The molecule has 5 heteroatoms. The molecule has 0 aromatic heterocycles. The molecule has 0 rings (SSSR count). The molecule has 0 N–H and O–H groups in total. The van der Waals surface area contributed by atoms with Crippen LogP contribution in [-0.4, -0.2) is 33.0 Å². The summed E-state index contributed by atoms with van der Waals surface area (Å²) < 4.78 is 18.5. The third-order valence-electron chi connectivity index (χ3n) is 0.893. The SMILES string of the molecule is CCOCOCOC(=O)OCC. The zero-order valence-electron chi connectivity index (χ0n) is 7.37. The van der Waals surface area contributed by atoms with E-state index in [1.165, 1.54) is 0 Å². The number of hydrogen-bond acceptors (Lipinski definition) is 5. The van der Waals surface area contributed by atoms with Crippen LogP contribution in [-0.2, 0) is 18.9 Å². The average Bonchev–Trinajstić information content (AvgIpc) is 2.05. The molecule has 5 nitrogen and oxygen atoms in total. The number of rotatable bonds is 6. The summed E-state index contributed by atoms with van der Waals surface area (Å²) in [5.74, 6) is 0. The molecular weight excluding hydrogens is 164 g/mol. The first-order valence-corrected chi connectivity index (χ1v) is 3.76. The minimum Gasteiger partial charge on any atom is -0.435 e. The standard InChI is InChI=1S/C7H14O5/c1-3-9-5-10-6-12-7(8)11-4-2/h3-6H2,1-2H3. The molecule has 0 heterocycles. The van der Waals surface area contributed by atoms with E-state index in [4.69, 9.17) is 9.47 Å². The van der Waals surface area contributed by atoms with Gasteiger partial charge in [0.2, 0.25) is 0 Å². The molecule has 0 aromatic carbocycles. The van der Waals surface area contributed by atoms with E-state index in [1.807, 2.05) is 6.92 Å². The molecule has 0 radical (unpaired) electrons. The van der Waals surface area contributed by atoms with Crippen LogP contribution in [0.5, 0.6) is 0 Å². The van der Waals surface area contributed by atoms with Gasteiger partial charge in [0.15, 0.2) is 13.6 Å². The lowest BCUT2D eigenvalue weighted by molar-refractivity contribution is -0.117. The summed E-state index contributed by atoms with van der Waals surface area (Å²) in [6.07, 6.45) is -0.728. The Balaban J connectivity index is 3.03. The van der Waals surface area contributed by atoms with Gasteiger partial charge >= 0.3 is 6.16 Å². The molecule has 0 atom stereocenters. The van der Waals surface area contributed by atoms with Crippen LogP contribution >= 0.6 is 0 Å². The Bertz CT molecular complexity index is 114. The third kappa shape index (κ3) is 7.30. The van der Waals surface area contributed by atoms with Gasteiger partial charge < -0.3 is 18.9 Å². The predicted octanol–water partition coefficient (Wildman–Crippen LogP) is 1.13. The lowest BCUT2D eigenvalue weighted by Crippen LogP contribution is -2.11. The zero-order valence-corrected chi connectivity index (χ0v) is 7.37. The minimum absolute atomic E-state index is 0.121.